The number of benzene rings is 5. The van der Waals surface area contributed by atoms with Gasteiger partial charge in [0, 0.05) is 16.3 Å². The van der Waals surface area contributed by atoms with E-state index in [1.807, 2.05) is 30.3 Å². The Balaban J connectivity index is 1.40. The third-order valence-corrected chi connectivity index (χ3v) is 9.20. The Hall–Kier alpha value is -5.99. The van der Waals surface area contributed by atoms with Gasteiger partial charge in [0.25, 0.3) is 0 Å². The van der Waals surface area contributed by atoms with Crippen LogP contribution in [0.4, 0.5) is 0 Å². The van der Waals surface area contributed by atoms with Crippen molar-refractivity contribution in [3.05, 3.63) is 138 Å². The molecule has 0 N–H and O–H groups in total. The third kappa shape index (κ3) is 4.85. The van der Waals surface area contributed by atoms with Gasteiger partial charge in [-0.25, -0.2) is 9.97 Å². The van der Waals surface area contributed by atoms with E-state index >= 15 is 0 Å². The molecule has 0 fully saturated rings. The first-order chi connectivity index (χ1) is 23.4. The molecular weight excluding hydrogens is 589 g/mol. The van der Waals surface area contributed by atoms with Gasteiger partial charge >= 0.3 is 0 Å². The van der Waals surface area contributed by atoms with Gasteiger partial charge < -0.3 is 4.42 Å². The predicted octanol–water partition coefficient (Wildman–Crippen LogP) is 11.4. The van der Waals surface area contributed by atoms with Crippen molar-refractivity contribution >= 4 is 33.1 Å². The fraction of sp³-hybridized carbons (Fsp3) is 0.140. The maximum atomic E-state index is 9.44. The smallest absolute Gasteiger partial charge is 0.227 e. The largest absolute Gasteiger partial charge is 0.437 e. The molecule has 0 aliphatic heterocycles. The Morgan fingerprint density at radius 3 is 2.10 bits per heavy atom. The van der Waals surface area contributed by atoms with Crippen LogP contribution in [-0.2, 0) is 0 Å². The molecule has 0 radical (unpaired) electrons. The fourth-order valence-electron chi connectivity index (χ4n) is 6.81. The van der Waals surface area contributed by atoms with Gasteiger partial charge in [-0.05, 0) is 88.7 Å². The number of rotatable bonds is 6. The van der Waals surface area contributed by atoms with E-state index in [4.69, 9.17) is 14.4 Å². The first kappa shape index (κ1) is 29.4. The minimum Gasteiger partial charge on any atom is -0.437 e. The molecule has 3 heterocycles. The second-order valence-electron chi connectivity index (χ2n) is 13.0. The van der Waals surface area contributed by atoms with E-state index in [1.54, 1.807) is 6.07 Å². The van der Waals surface area contributed by atoms with Crippen molar-refractivity contribution in [3.63, 3.8) is 0 Å². The number of hydrogen-bond donors (Lipinski definition) is 0. The van der Waals surface area contributed by atoms with E-state index in [0.717, 1.165) is 50.0 Å². The van der Waals surface area contributed by atoms with Crippen molar-refractivity contribution in [1.82, 2.24) is 14.5 Å². The van der Waals surface area contributed by atoms with E-state index < -0.39 is 0 Å². The lowest BCUT2D eigenvalue weighted by atomic mass is 9.88. The van der Waals surface area contributed by atoms with Gasteiger partial charge in [-0.2, -0.15) is 5.26 Å². The topological polar surface area (TPSA) is 67.6 Å². The molecular formula is C43H34N4O. The van der Waals surface area contributed by atoms with Crippen LogP contribution in [0.5, 0.6) is 0 Å². The van der Waals surface area contributed by atoms with Crippen LogP contribution in [0, 0.1) is 11.3 Å². The van der Waals surface area contributed by atoms with Crippen LogP contribution in [0.25, 0.3) is 72.6 Å². The normalized spacial score (nSPS) is 11.7. The van der Waals surface area contributed by atoms with Crippen LogP contribution < -0.4 is 0 Å². The number of imidazole rings is 1. The number of pyridine rings is 1. The van der Waals surface area contributed by atoms with Gasteiger partial charge in [-0.1, -0.05) is 94.4 Å². The second kappa shape index (κ2) is 11.7. The van der Waals surface area contributed by atoms with E-state index in [9.17, 15) is 5.26 Å². The summed E-state index contributed by atoms with van der Waals surface area (Å²) in [5.74, 6) is 1.36. The highest BCUT2D eigenvalue weighted by molar-refractivity contribution is 6.09. The summed E-state index contributed by atoms with van der Waals surface area (Å²) >= 11 is 0. The molecule has 0 aliphatic rings. The summed E-state index contributed by atoms with van der Waals surface area (Å²) < 4.78 is 9.00. The molecule has 5 heteroatoms. The third-order valence-electron chi connectivity index (χ3n) is 9.20. The molecule has 0 bridgehead atoms. The molecule has 0 amide bonds. The standard InChI is InChI=1S/C43H34N4O/c1-26(2)35-23-31(29-13-6-5-7-14-29)24-36(27(3)4)40(35)47-39-19-9-8-18-38(39)45-42(47)34-17-11-16-32-33-20-21-37(46-43(33)48-41(32)34)30-15-10-12-28(22-30)25-44/h5-24,26-27H,1-4H3. The van der Waals surface area contributed by atoms with Crippen molar-refractivity contribution in [3.8, 4) is 45.5 Å². The van der Waals surface area contributed by atoms with Crippen LogP contribution in [0.15, 0.2) is 126 Å². The molecule has 232 valence electrons. The van der Waals surface area contributed by atoms with Crippen LogP contribution in [-0.4, -0.2) is 14.5 Å². The Kier molecular flexibility index (Phi) is 7.15. The Bertz CT molecular complexity index is 2500. The highest BCUT2D eigenvalue weighted by atomic mass is 16.3. The summed E-state index contributed by atoms with van der Waals surface area (Å²) in [6.07, 6.45) is 0. The Labute approximate surface area is 279 Å². The Morgan fingerprint density at radius 1 is 0.646 bits per heavy atom. The van der Waals surface area contributed by atoms with Gasteiger partial charge in [0.05, 0.1) is 39.6 Å². The molecule has 0 aliphatic carbocycles. The average Bonchev–Trinajstić information content (AvgIpc) is 3.69. The lowest BCUT2D eigenvalue weighted by Gasteiger charge is -2.24. The molecule has 0 saturated carbocycles. The zero-order valence-electron chi connectivity index (χ0n) is 27.4. The number of fused-ring (bicyclic) bond motifs is 4. The highest BCUT2D eigenvalue weighted by Crippen LogP contribution is 2.42. The van der Waals surface area contributed by atoms with Crippen LogP contribution in [0.2, 0.25) is 0 Å². The summed E-state index contributed by atoms with van der Waals surface area (Å²) in [6.45, 7) is 9.08. The van der Waals surface area contributed by atoms with Crippen molar-refractivity contribution in [1.29, 1.82) is 5.26 Å². The maximum Gasteiger partial charge on any atom is 0.227 e. The molecule has 5 aromatic carbocycles. The first-order valence-corrected chi connectivity index (χ1v) is 16.5. The average molecular weight is 623 g/mol. The maximum absolute atomic E-state index is 9.44. The molecule has 0 unspecified atom stereocenters. The summed E-state index contributed by atoms with van der Waals surface area (Å²) in [4.78, 5) is 10.2. The van der Waals surface area contributed by atoms with E-state index in [-0.39, 0.29) is 11.8 Å². The summed E-state index contributed by atoms with van der Waals surface area (Å²) in [5, 5.41) is 11.4. The number of furan rings is 1. The minimum absolute atomic E-state index is 0.263. The van der Waals surface area contributed by atoms with Gasteiger partial charge in [0.15, 0.2) is 0 Å². The summed E-state index contributed by atoms with van der Waals surface area (Å²) in [6, 6.07) is 43.8. The van der Waals surface area contributed by atoms with Gasteiger partial charge in [0.1, 0.15) is 11.4 Å². The van der Waals surface area contributed by atoms with Gasteiger partial charge in [0.2, 0.25) is 5.71 Å². The minimum atomic E-state index is 0.263. The zero-order chi connectivity index (χ0) is 32.9. The number of nitriles is 1. The summed E-state index contributed by atoms with van der Waals surface area (Å²) in [7, 11) is 0. The van der Waals surface area contributed by atoms with E-state index in [2.05, 4.69) is 123 Å². The van der Waals surface area contributed by atoms with Crippen molar-refractivity contribution < 1.29 is 4.42 Å². The van der Waals surface area contributed by atoms with Crippen molar-refractivity contribution in [2.45, 2.75) is 39.5 Å². The van der Waals surface area contributed by atoms with Crippen molar-refractivity contribution in [2.75, 3.05) is 0 Å². The lowest BCUT2D eigenvalue weighted by Crippen LogP contribution is -2.09. The van der Waals surface area contributed by atoms with Crippen LogP contribution >= 0.6 is 0 Å². The quantitative estimate of drug-likeness (QED) is 0.185. The van der Waals surface area contributed by atoms with Crippen LogP contribution in [0.3, 0.4) is 0 Å². The summed E-state index contributed by atoms with van der Waals surface area (Å²) in [5.41, 5.74) is 12.6. The molecule has 0 spiro atoms. The molecule has 3 aromatic heterocycles. The monoisotopic (exact) mass is 622 g/mol. The molecule has 0 saturated heterocycles. The fourth-order valence-corrected chi connectivity index (χ4v) is 6.81. The number of aromatic nitrogens is 3. The molecule has 0 atom stereocenters. The Morgan fingerprint density at radius 2 is 1.35 bits per heavy atom. The highest BCUT2D eigenvalue weighted by Gasteiger charge is 2.25. The molecule has 8 rings (SSSR count). The molecule has 8 aromatic rings. The second-order valence-corrected chi connectivity index (χ2v) is 13.0. The number of hydrogen-bond acceptors (Lipinski definition) is 4. The predicted molar refractivity (Wildman–Crippen MR) is 195 cm³/mol. The number of nitrogens with zero attached hydrogens (tertiary/aromatic N) is 4. The molecule has 5 nitrogen and oxygen atoms in total. The van der Waals surface area contributed by atoms with Gasteiger partial charge in [-0.15, -0.1) is 0 Å². The molecule has 48 heavy (non-hydrogen) atoms. The first-order valence-electron chi connectivity index (χ1n) is 16.5. The van der Waals surface area contributed by atoms with Gasteiger partial charge in [-0.3, -0.25) is 4.57 Å². The lowest BCUT2D eigenvalue weighted by molar-refractivity contribution is 0.655. The number of para-hydroxylation sites is 3. The zero-order valence-corrected chi connectivity index (χ0v) is 27.4. The van der Waals surface area contributed by atoms with E-state index in [0.29, 0.717) is 11.3 Å². The van der Waals surface area contributed by atoms with E-state index in [1.165, 1.54) is 27.9 Å². The SMILES string of the molecule is CC(C)c1cc(-c2ccccc2)cc(C(C)C)c1-n1c(-c2cccc3c2oc2nc(-c4cccc(C#N)c4)ccc23)nc2ccccc21. The van der Waals surface area contributed by atoms with Crippen molar-refractivity contribution in [2.24, 2.45) is 0 Å². The van der Waals surface area contributed by atoms with Crippen LogP contribution in [0.1, 0.15) is 56.2 Å².